The van der Waals surface area contributed by atoms with Gasteiger partial charge in [0, 0.05) is 18.8 Å². The lowest BCUT2D eigenvalue weighted by atomic mass is 10.3. The van der Waals surface area contributed by atoms with Gasteiger partial charge in [-0.1, -0.05) is 0 Å². The van der Waals surface area contributed by atoms with Crippen molar-refractivity contribution >= 4 is 0 Å². The predicted octanol–water partition coefficient (Wildman–Crippen LogP) is 0.889. The molecule has 0 saturated heterocycles. The summed E-state index contributed by atoms with van der Waals surface area (Å²) in [6.45, 7) is -0.0237. The molecule has 0 saturated carbocycles. The molecule has 4 heteroatoms. The molecular formula is C8H11FN2O. The monoisotopic (exact) mass is 170 g/mol. The molecule has 1 aromatic rings. The molecule has 0 spiro atoms. The first-order valence-corrected chi connectivity index (χ1v) is 3.70. The molecule has 0 fully saturated rings. The van der Waals surface area contributed by atoms with E-state index < -0.39 is 6.67 Å². The average Bonchev–Trinajstić information content (AvgIpc) is 2.15. The second kappa shape index (κ2) is 4.66. The van der Waals surface area contributed by atoms with Crippen LogP contribution in [0.25, 0.3) is 0 Å². The maximum Gasteiger partial charge on any atom is 0.213 e. The normalized spacial score (nSPS) is 9.83. The molecule has 66 valence electrons. The van der Waals surface area contributed by atoms with Crippen LogP contribution in [-0.2, 0) is 6.54 Å². The van der Waals surface area contributed by atoms with Crippen molar-refractivity contribution < 1.29 is 9.13 Å². The van der Waals surface area contributed by atoms with Crippen LogP contribution in [0.15, 0.2) is 18.3 Å². The van der Waals surface area contributed by atoms with Gasteiger partial charge in [-0.3, -0.25) is 0 Å². The number of nitrogens with two attached hydrogens (primary N) is 1. The van der Waals surface area contributed by atoms with E-state index in [9.17, 15) is 4.39 Å². The first-order chi connectivity index (χ1) is 5.86. The zero-order chi connectivity index (χ0) is 8.81. The Morgan fingerprint density at radius 3 is 3.08 bits per heavy atom. The second-order valence-electron chi connectivity index (χ2n) is 2.24. The molecular weight excluding hydrogens is 159 g/mol. The molecule has 1 aromatic heterocycles. The Morgan fingerprint density at radius 1 is 1.58 bits per heavy atom. The average molecular weight is 170 g/mol. The number of hydrogen-bond acceptors (Lipinski definition) is 3. The van der Waals surface area contributed by atoms with E-state index in [1.54, 1.807) is 18.3 Å². The van der Waals surface area contributed by atoms with Crippen molar-refractivity contribution in [1.29, 1.82) is 0 Å². The van der Waals surface area contributed by atoms with E-state index >= 15 is 0 Å². The van der Waals surface area contributed by atoms with Gasteiger partial charge < -0.3 is 10.5 Å². The molecule has 0 radical (unpaired) electrons. The first kappa shape index (κ1) is 8.93. The van der Waals surface area contributed by atoms with Crippen molar-refractivity contribution in [1.82, 2.24) is 4.98 Å². The Kier molecular flexibility index (Phi) is 3.47. The van der Waals surface area contributed by atoms with Gasteiger partial charge >= 0.3 is 0 Å². The lowest BCUT2D eigenvalue weighted by Gasteiger charge is -2.02. The molecule has 2 N–H and O–H groups in total. The minimum Gasteiger partial charge on any atom is -0.475 e. The highest BCUT2D eigenvalue weighted by atomic mass is 19.1. The van der Waals surface area contributed by atoms with Crippen LogP contribution in [-0.4, -0.2) is 18.3 Å². The number of ether oxygens (including phenoxy) is 1. The van der Waals surface area contributed by atoms with Crippen LogP contribution in [0.1, 0.15) is 5.56 Å². The molecule has 3 nitrogen and oxygen atoms in total. The molecule has 1 heterocycles. The maximum atomic E-state index is 11.7. The Balaban J connectivity index is 2.60. The molecule has 0 amide bonds. The van der Waals surface area contributed by atoms with Gasteiger partial charge in [0.15, 0.2) is 0 Å². The van der Waals surface area contributed by atoms with Gasteiger partial charge in [-0.2, -0.15) is 0 Å². The number of pyridine rings is 1. The third kappa shape index (κ3) is 2.47. The van der Waals surface area contributed by atoms with Gasteiger partial charge in [0.05, 0.1) is 0 Å². The number of hydrogen-bond donors (Lipinski definition) is 1. The van der Waals surface area contributed by atoms with Gasteiger partial charge in [0.25, 0.3) is 0 Å². The predicted molar refractivity (Wildman–Crippen MR) is 43.6 cm³/mol. The molecule has 0 bridgehead atoms. The summed E-state index contributed by atoms with van der Waals surface area (Å²) < 4.78 is 16.6. The molecule has 0 aliphatic heterocycles. The van der Waals surface area contributed by atoms with Crippen molar-refractivity contribution in [3.05, 3.63) is 23.9 Å². The summed E-state index contributed by atoms with van der Waals surface area (Å²) in [7, 11) is 0. The second-order valence-corrected chi connectivity index (χ2v) is 2.24. The van der Waals surface area contributed by atoms with E-state index in [4.69, 9.17) is 10.5 Å². The Morgan fingerprint density at radius 2 is 2.42 bits per heavy atom. The summed E-state index contributed by atoms with van der Waals surface area (Å²) in [5, 5.41) is 0. The van der Waals surface area contributed by atoms with E-state index in [0.29, 0.717) is 12.4 Å². The smallest absolute Gasteiger partial charge is 0.213 e. The van der Waals surface area contributed by atoms with Crippen molar-refractivity contribution in [2.45, 2.75) is 6.54 Å². The summed E-state index contributed by atoms with van der Waals surface area (Å²) in [6, 6.07) is 3.50. The van der Waals surface area contributed by atoms with E-state index in [0.717, 1.165) is 5.56 Å². The van der Waals surface area contributed by atoms with Gasteiger partial charge in [-0.25, -0.2) is 9.37 Å². The highest BCUT2D eigenvalue weighted by molar-refractivity contribution is 5.19. The zero-order valence-electron chi connectivity index (χ0n) is 6.66. The molecule has 0 aliphatic carbocycles. The summed E-state index contributed by atoms with van der Waals surface area (Å²) in [5.41, 5.74) is 6.32. The lowest BCUT2D eigenvalue weighted by molar-refractivity contribution is 0.264. The van der Waals surface area contributed by atoms with Gasteiger partial charge in [0.1, 0.15) is 13.3 Å². The Labute approximate surface area is 70.4 Å². The van der Waals surface area contributed by atoms with Crippen LogP contribution in [0.5, 0.6) is 5.88 Å². The molecule has 12 heavy (non-hydrogen) atoms. The molecule has 0 aromatic carbocycles. The van der Waals surface area contributed by atoms with Crippen LogP contribution >= 0.6 is 0 Å². The molecule has 0 unspecified atom stereocenters. The van der Waals surface area contributed by atoms with E-state index in [2.05, 4.69) is 4.98 Å². The van der Waals surface area contributed by atoms with Crippen LogP contribution in [0.3, 0.4) is 0 Å². The Hall–Kier alpha value is -1.16. The number of alkyl halides is 1. The van der Waals surface area contributed by atoms with Crippen molar-refractivity contribution in [3.8, 4) is 5.88 Å². The van der Waals surface area contributed by atoms with E-state index in [1.807, 2.05) is 0 Å². The van der Waals surface area contributed by atoms with Gasteiger partial charge in [-0.15, -0.1) is 0 Å². The fraction of sp³-hybridized carbons (Fsp3) is 0.375. The summed E-state index contributed by atoms with van der Waals surface area (Å²) in [5.74, 6) is 0.426. The van der Waals surface area contributed by atoms with Crippen LogP contribution in [0.4, 0.5) is 4.39 Å². The highest BCUT2D eigenvalue weighted by Crippen LogP contribution is 2.08. The van der Waals surface area contributed by atoms with Crippen molar-refractivity contribution in [2.24, 2.45) is 5.73 Å². The van der Waals surface area contributed by atoms with Gasteiger partial charge in [-0.05, 0) is 11.6 Å². The maximum absolute atomic E-state index is 11.7. The Bertz CT molecular complexity index is 242. The summed E-state index contributed by atoms with van der Waals surface area (Å²) in [4.78, 5) is 3.88. The van der Waals surface area contributed by atoms with Gasteiger partial charge in [0.2, 0.25) is 5.88 Å². The molecule has 0 atom stereocenters. The standard InChI is InChI=1S/C8H11FN2O/c9-2-4-12-8-5-7(6-10)1-3-11-8/h1,3,5H,2,4,6,10H2. The third-order valence-electron chi connectivity index (χ3n) is 1.36. The number of rotatable bonds is 4. The topological polar surface area (TPSA) is 48.1 Å². The number of aromatic nitrogens is 1. The van der Waals surface area contributed by atoms with Crippen LogP contribution in [0.2, 0.25) is 0 Å². The third-order valence-corrected chi connectivity index (χ3v) is 1.36. The largest absolute Gasteiger partial charge is 0.475 e. The summed E-state index contributed by atoms with van der Waals surface area (Å²) in [6.07, 6.45) is 1.59. The quantitative estimate of drug-likeness (QED) is 0.730. The van der Waals surface area contributed by atoms with Crippen molar-refractivity contribution in [2.75, 3.05) is 13.3 Å². The molecule has 1 rings (SSSR count). The van der Waals surface area contributed by atoms with Crippen LogP contribution < -0.4 is 10.5 Å². The highest BCUT2D eigenvalue weighted by Gasteiger charge is 1.95. The summed E-state index contributed by atoms with van der Waals surface area (Å²) >= 11 is 0. The minimum atomic E-state index is -0.505. The SMILES string of the molecule is NCc1ccnc(OCCF)c1. The zero-order valence-corrected chi connectivity index (χ0v) is 6.66. The van der Waals surface area contributed by atoms with Crippen molar-refractivity contribution in [3.63, 3.8) is 0 Å². The lowest BCUT2D eigenvalue weighted by Crippen LogP contribution is -2.02. The van der Waals surface area contributed by atoms with E-state index in [-0.39, 0.29) is 6.61 Å². The van der Waals surface area contributed by atoms with E-state index in [1.165, 1.54) is 0 Å². The first-order valence-electron chi connectivity index (χ1n) is 3.70. The molecule has 0 aliphatic rings. The fourth-order valence-electron chi connectivity index (χ4n) is 0.799. The van der Waals surface area contributed by atoms with Crippen LogP contribution in [0, 0.1) is 0 Å². The number of halogens is 1. The fourth-order valence-corrected chi connectivity index (χ4v) is 0.799. The number of nitrogens with zero attached hydrogens (tertiary/aromatic N) is 1. The minimum absolute atomic E-state index is 0.0427.